The zero-order chi connectivity index (χ0) is 11.6. The molecule has 0 saturated carbocycles. The maximum Gasteiger partial charge on any atom is 0.310 e. The van der Waals surface area contributed by atoms with Crippen molar-refractivity contribution in [3.05, 3.63) is 28.5 Å². The van der Waals surface area contributed by atoms with Crippen molar-refractivity contribution in [1.82, 2.24) is 0 Å². The first kappa shape index (κ1) is 12.3. The molecule has 82 valence electrons. The van der Waals surface area contributed by atoms with Gasteiger partial charge in [0.25, 0.3) is 0 Å². The molecule has 1 aromatic rings. The highest BCUT2D eigenvalue weighted by molar-refractivity contribution is 7.98. The number of carboxylic acids is 1. The van der Waals surface area contributed by atoms with Crippen LogP contribution in [0.25, 0.3) is 0 Å². The fourth-order valence-electron chi connectivity index (χ4n) is 1.17. The number of rotatable bonds is 3. The van der Waals surface area contributed by atoms with Crippen molar-refractivity contribution in [1.29, 1.82) is 0 Å². The highest BCUT2D eigenvalue weighted by Gasteiger charge is 2.17. The minimum atomic E-state index is -0.998. The molecular weight excluding hydrogens is 239 g/mol. The fourth-order valence-corrected chi connectivity index (χ4v) is 2.12. The van der Waals surface area contributed by atoms with Gasteiger partial charge < -0.3 is 5.11 Å². The summed E-state index contributed by atoms with van der Waals surface area (Å²) >= 11 is 7.03. The van der Waals surface area contributed by atoms with Crippen LogP contribution >= 0.6 is 23.4 Å². The standard InChI is InChI=1S/C10H10ClFO2S/c1-5(10(13)14)6-3-7(11)9(15-2)8(12)4-6/h3-5H,1-2H3,(H,13,14). The third kappa shape index (κ3) is 2.63. The van der Waals surface area contributed by atoms with E-state index in [1.54, 1.807) is 6.26 Å². The van der Waals surface area contributed by atoms with Crippen LogP contribution in [0.3, 0.4) is 0 Å². The zero-order valence-corrected chi connectivity index (χ0v) is 9.82. The van der Waals surface area contributed by atoms with E-state index in [4.69, 9.17) is 16.7 Å². The molecule has 0 saturated heterocycles. The van der Waals surface area contributed by atoms with E-state index in [1.807, 2.05) is 0 Å². The number of hydrogen-bond acceptors (Lipinski definition) is 2. The van der Waals surface area contributed by atoms with E-state index < -0.39 is 17.7 Å². The Labute approximate surface area is 96.4 Å². The van der Waals surface area contributed by atoms with Crippen molar-refractivity contribution in [3.63, 3.8) is 0 Å². The van der Waals surface area contributed by atoms with Crippen LogP contribution in [0.15, 0.2) is 17.0 Å². The molecule has 0 aliphatic heterocycles. The average molecular weight is 249 g/mol. The third-order valence-electron chi connectivity index (χ3n) is 2.10. The van der Waals surface area contributed by atoms with Crippen LogP contribution in [0.2, 0.25) is 5.02 Å². The van der Waals surface area contributed by atoms with Crippen LogP contribution in [0.1, 0.15) is 18.4 Å². The minimum Gasteiger partial charge on any atom is -0.481 e. The van der Waals surface area contributed by atoms with E-state index in [0.717, 1.165) is 0 Å². The summed E-state index contributed by atoms with van der Waals surface area (Å²) < 4.78 is 13.4. The van der Waals surface area contributed by atoms with E-state index in [1.165, 1.54) is 30.8 Å². The van der Waals surface area contributed by atoms with Gasteiger partial charge in [-0.15, -0.1) is 11.8 Å². The summed E-state index contributed by atoms with van der Waals surface area (Å²) in [6.45, 7) is 1.49. The van der Waals surface area contributed by atoms with Crippen molar-refractivity contribution < 1.29 is 14.3 Å². The molecule has 1 unspecified atom stereocenters. The maximum absolute atomic E-state index is 13.4. The van der Waals surface area contributed by atoms with E-state index in [-0.39, 0.29) is 5.02 Å². The van der Waals surface area contributed by atoms with E-state index in [9.17, 15) is 9.18 Å². The number of carbonyl (C=O) groups is 1. The molecule has 0 radical (unpaired) electrons. The van der Waals surface area contributed by atoms with Gasteiger partial charge in [-0.2, -0.15) is 0 Å². The normalized spacial score (nSPS) is 12.5. The number of hydrogen-bond donors (Lipinski definition) is 1. The lowest BCUT2D eigenvalue weighted by Crippen LogP contribution is -2.07. The van der Waals surface area contributed by atoms with Gasteiger partial charge in [0.15, 0.2) is 0 Å². The molecule has 1 aromatic carbocycles. The van der Waals surface area contributed by atoms with E-state index >= 15 is 0 Å². The first-order chi connectivity index (χ1) is 6.97. The Morgan fingerprint density at radius 1 is 1.60 bits per heavy atom. The van der Waals surface area contributed by atoms with Gasteiger partial charge in [0.2, 0.25) is 0 Å². The first-order valence-electron chi connectivity index (χ1n) is 4.23. The molecule has 1 rings (SSSR count). The summed E-state index contributed by atoms with van der Waals surface area (Å²) in [4.78, 5) is 11.1. The molecule has 0 aliphatic rings. The quantitative estimate of drug-likeness (QED) is 0.834. The van der Waals surface area contributed by atoms with Gasteiger partial charge in [0.1, 0.15) is 5.82 Å². The van der Waals surface area contributed by atoms with Crippen molar-refractivity contribution in [2.24, 2.45) is 0 Å². The molecule has 0 aromatic heterocycles. The Balaban J connectivity index is 3.19. The van der Waals surface area contributed by atoms with Crippen LogP contribution in [0.5, 0.6) is 0 Å². The average Bonchev–Trinajstić information content (AvgIpc) is 2.15. The minimum absolute atomic E-state index is 0.255. The van der Waals surface area contributed by atoms with Gasteiger partial charge >= 0.3 is 5.97 Å². The van der Waals surface area contributed by atoms with Gasteiger partial charge in [-0.1, -0.05) is 11.6 Å². The molecule has 1 N–H and O–H groups in total. The Morgan fingerprint density at radius 2 is 2.20 bits per heavy atom. The fraction of sp³-hybridized carbons (Fsp3) is 0.300. The Morgan fingerprint density at radius 3 is 2.60 bits per heavy atom. The zero-order valence-electron chi connectivity index (χ0n) is 8.25. The number of benzene rings is 1. The third-order valence-corrected chi connectivity index (χ3v) is 3.33. The van der Waals surface area contributed by atoms with Crippen molar-refractivity contribution in [3.8, 4) is 0 Å². The molecule has 0 heterocycles. The molecule has 2 nitrogen and oxygen atoms in total. The van der Waals surface area contributed by atoms with Gasteiger partial charge in [-0.3, -0.25) is 4.79 Å². The predicted molar refractivity (Wildman–Crippen MR) is 59.2 cm³/mol. The summed E-state index contributed by atoms with van der Waals surface area (Å²) in [7, 11) is 0. The number of carboxylic acid groups (broad SMARTS) is 1. The molecule has 0 fully saturated rings. The summed E-state index contributed by atoms with van der Waals surface area (Å²) in [5.74, 6) is -2.23. The predicted octanol–water partition coefficient (Wildman–Crippen LogP) is 3.39. The van der Waals surface area contributed by atoms with Gasteiger partial charge in [-0.25, -0.2) is 4.39 Å². The van der Waals surface area contributed by atoms with Crippen molar-refractivity contribution >= 4 is 29.3 Å². The summed E-state index contributed by atoms with van der Waals surface area (Å²) in [6, 6.07) is 2.71. The van der Waals surface area contributed by atoms with Gasteiger partial charge in [0.05, 0.1) is 15.8 Å². The lowest BCUT2D eigenvalue weighted by Gasteiger charge is -2.10. The second-order valence-electron chi connectivity index (χ2n) is 3.08. The lowest BCUT2D eigenvalue weighted by molar-refractivity contribution is -0.138. The topological polar surface area (TPSA) is 37.3 Å². The Hall–Kier alpha value is -0.740. The lowest BCUT2D eigenvalue weighted by atomic mass is 10.0. The molecule has 1 atom stereocenters. The maximum atomic E-state index is 13.4. The smallest absolute Gasteiger partial charge is 0.310 e. The van der Waals surface area contributed by atoms with E-state index in [2.05, 4.69) is 0 Å². The molecule has 0 spiro atoms. The van der Waals surface area contributed by atoms with Gasteiger partial charge in [0, 0.05) is 0 Å². The molecule has 5 heteroatoms. The Bertz CT molecular complexity index is 372. The van der Waals surface area contributed by atoms with Gasteiger partial charge in [-0.05, 0) is 30.9 Å². The van der Waals surface area contributed by atoms with Crippen LogP contribution in [0, 0.1) is 5.82 Å². The first-order valence-corrected chi connectivity index (χ1v) is 5.83. The summed E-state index contributed by atoms with van der Waals surface area (Å²) in [5, 5.41) is 9.03. The summed E-state index contributed by atoms with van der Waals surface area (Å²) in [6.07, 6.45) is 1.71. The van der Waals surface area contributed by atoms with Crippen LogP contribution in [0.4, 0.5) is 4.39 Å². The van der Waals surface area contributed by atoms with Crippen LogP contribution < -0.4 is 0 Å². The highest BCUT2D eigenvalue weighted by Crippen LogP contribution is 2.31. The molecular formula is C10H10ClFO2S. The molecule has 15 heavy (non-hydrogen) atoms. The highest BCUT2D eigenvalue weighted by atomic mass is 35.5. The largest absolute Gasteiger partial charge is 0.481 e. The van der Waals surface area contributed by atoms with Crippen LogP contribution in [-0.2, 0) is 4.79 Å². The second kappa shape index (κ2) is 4.86. The number of thioether (sulfide) groups is 1. The summed E-state index contributed by atoms with van der Waals surface area (Å²) in [5.41, 5.74) is 0.378. The van der Waals surface area contributed by atoms with E-state index in [0.29, 0.717) is 10.5 Å². The van der Waals surface area contributed by atoms with Crippen molar-refractivity contribution in [2.75, 3.05) is 6.26 Å². The molecule has 0 aliphatic carbocycles. The van der Waals surface area contributed by atoms with Crippen molar-refractivity contribution in [2.45, 2.75) is 17.7 Å². The molecule has 0 bridgehead atoms. The SMILES string of the molecule is CSc1c(F)cc(C(C)C(=O)O)cc1Cl. The van der Waals surface area contributed by atoms with Crippen LogP contribution in [-0.4, -0.2) is 17.3 Å². The second-order valence-corrected chi connectivity index (χ2v) is 4.30. The monoisotopic (exact) mass is 248 g/mol. The number of aliphatic carboxylic acids is 1. The Kier molecular flexibility index (Phi) is 3.99. The molecule has 0 amide bonds. The number of halogens is 2.